The number of hydrogen-bond acceptors (Lipinski definition) is 3. The highest BCUT2D eigenvalue weighted by Crippen LogP contribution is 2.00. The Bertz CT molecular complexity index is 561. The zero-order valence-corrected chi connectivity index (χ0v) is 9.24. The van der Waals surface area contributed by atoms with E-state index >= 15 is 0 Å². The van der Waals surface area contributed by atoms with Gasteiger partial charge in [0.05, 0.1) is 6.54 Å². The van der Waals surface area contributed by atoms with Crippen LogP contribution in [-0.4, -0.2) is 15.3 Å². The second-order valence-corrected chi connectivity index (χ2v) is 3.73. The van der Waals surface area contributed by atoms with Crippen LogP contribution in [0.4, 0.5) is 0 Å². The van der Waals surface area contributed by atoms with Crippen LogP contribution >= 0.6 is 0 Å². The Labute approximate surface area is 98.6 Å². The van der Waals surface area contributed by atoms with Gasteiger partial charge >= 0.3 is 5.69 Å². The summed E-state index contributed by atoms with van der Waals surface area (Å²) in [6.07, 6.45) is 3.32. The van der Waals surface area contributed by atoms with Crippen molar-refractivity contribution in [3.8, 4) is 0 Å². The smallest absolute Gasteiger partial charge is 0.297 e. The molecule has 1 aromatic carbocycles. The lowest BCUT2D eigenvalue weighted by molar-refractivity contribution is -0.119. The van der Waals surface area contributed by atoms with Gasteiger partial charge in [0.2, 0.25) is 0 Å². The molecule has 2 rings (SSSR count). The number of ketones is 1. The summed E-state index contributed by atoms with van der Waals surface area (Å²) in [5.41, 5.74) is 0.559. The first kappa shape index (κ1) is 11.3. The van der Waals surface area contributed by atoms with Crippen molar-refractivity contribution >= 4 is 5.78 Å². The Morgan fingerprint density at radius 1 is 1.18 bits per heavy atom. The molecule has 2 aromatic rings. The lowest BCUT2D eigenvalue weighted by Crippen LogP contribution is -2.26. The van der Waals surface area contributed by atoms with Crippen LogP contribution in [0.25, 0.3) is 0 Å². The fraction of sp³-hybridized carbons (Fsp3) is 0.154. The van der Waals surface area contributed by atoms with E-state index in [2.05, 4.69) is 4.98 Å². The molecule has 0 spiro atoms. The van der Waals surface area contributed by atoms with Gasteiger partial charge in [-0.3, -0.25) is 9.36 Å². The van der Waals surface area contributed by atoms with Crippen molar-refractivity contribution in [3.63, 3.8) is 0 Å². The molecule has 17 heavy (non-hydrogen) atoms. The third-order valence-corrected chi connectivity index (χ3v) is 2.37. The molecule has 0 saturated carbocycles. The van der Waals surface area contributed by atoms with Crippen molar-refractivity contribution in [1.29, 1.82) is 0 Å². The number of aromatic nitrogens is 2. The molecule has 0 unspecified atom stereocenters. The van der Waals surface area contributed by atoms with Crippen LogP contribution in [0.15, 0.2) is 53.6 Å². The summed E-state index contributed by atoms with van der Waals surface area (Å²) < 4.78 is 1.31. The molecule has 0 aliphatic heterocycles. The van der Waals surface area contributed by atoms with E-state index in [1.54, 1.807) is 12.3 Å². The average molecular weight is 228 g/mol. The van der Waals surface area contributed by atoms with Gasteiger partial charge in [-0.1, -0.05) is 30.3 Å². The van der Waals surface area contributed by atoms with E-state index in [0.717, 1.165) is 5.56 Å². The highest BCUT2D eigenvalue weighted by Gasteiger charge is 2.05. The number of Topliss-reactive ketones (excluding diaryl/α,β-unsaturated/α-hetero) is 1. The van der Waals surface area contributed by atoms with E-state index < -0.39 is 5.69 Å². The van der Waals surface area contributed by atoms with Crippen LogP contribution in [0.2, 0.25) is 0 Å². The molecule has 0 aliphatic rings. The number of carbonyl (C=O) groups is 1. The van der Waals surface area contributed by atoms with E-state index in [4.69, 9.17) is 0 Å². The lowest BCUT2D eigenvalue weighted by atomic mass is 10.1. The average Bonchev–Trinajstić information content (AvgIpc) is 2.33. The number of nitrogens with zero attached hydrogens (tertiary/aromatic N) is 2. The maximum atomic E-state index is 11.7. The number of hydrogen-bond donors (Lipinski definition) is 0. The molecule has 4 nitrogen and oxygen atoms in total. The van der Waals surface area contributed by atoms with Crippen molar-refractivity contribution in [2.24, 2.45) is 0 Å². The van der Waals surface area contributed by atoms with Crippen LogP contribution in [0.1, 0.15) is 5.56 Å². The van der Waals surface area contributed by atoms with Crippen LogP contribution in [0.3, 0.4) is 0 Å². The second kappa shape index (κ2) is 5.21. The normalized spacial score (nSPS) is 10.1. The molecule has 86 valence electrons. The maximum Gasteiger partial charge on any atom is 0.347 e. The predicted octanol–water partition coefficient (Wildman–Crippen LogP) is 1.06. The SMILES string of the molecule is O=C(Cc1ccccc1)Cn1cccnc1=O. The minimum absolute atomic E-state index is 0.00806. The summed E-state index contributed by atoms with van der Waals surface area (Å²) in [5.74, 6) is -0.00806. The van der Waals surface area contributed by atoms with Gasteiger partial charge in [0.15, 0.2) is 5.78 Å². The van der Waals surface area contributed by atoms with Crippen LogP contribution in [-0.2, 0) is 17.8 Å². The molecular weight excluding hydrogens is 216 g/mol. The first-order valence-corrected chi connectivity index (χ1v) is 5.33. The number of benzene rings is 1. The molecule has 0 saturated heterocycles. The van der Waals surface area contributed by atoms with Gasteiger partial charge in [0.25, 0.3) is 0 Å². The monoisotopic (exact) mass is 228 g/mol. The summed E-state index contributed by atoms with van der Waals surface area (Å²) in [7, 11) is 0. The Kier molecular flexibility index (Phi) is 3.45. The van der Waals surface area contributed by atoms with Gasteiger partial charge in [0.1, 0.15) is 0 Å². The van der Waals surface area contributed by atoms with Crippen LogP contribution in [0.5, 0.6) is 0 Å². The third kappa shape index (κ3) is 3.11. The van der Waals surface area contributed by atoms with Crippen LogP contribution in [0, 0.1) is 0 Å². The van der Waals surface area contributed by atoms with Crippen molar-refractivity contribution < 1.29 is 4.79 Å². The molecule has 1 heterocycles. The fourth-order valence-corrected chi connectivity index (χ4v) is 1.58. The second-order valence-electron chi connectivity index (χ2n) is 3.73. The maximum absolute atomic E-state index is 11.7. The minimum Gasteiger partial charge on any atom is -0.297 e. The van der Waals surface area contributed by atoms with E-state index in [1.165, 1.54) is 10.8 Å². The molecule has 0 radical (unpaired) electrons. The van der Waals surface area contributed by atoms with Gasteiger partial charge in [-0.15, -0.1) is 0 Å². The Morgan fingerprint density at radius 2 is 1.94 bits per heavy atom. The lowest BCUT2D eigenvalue weighted by Gasteiger charge is -2.03. The predicted molar refractivity (Wildman–Crippen MR) is 63.7 cm³/mol. The highest BCUT2D eigenvalue weighted by atomic mass is 16.1. The number of rotatable bonds is 4. The molecule has 0 aliphatic carbocycles. The summed E-state index contributed by atoms with van der Waals surface area (Å²) in [5, 5.41) is 0. The highest BCUT2D eigenvalue weighted by molar-refractivity contribution is 5.80. The van der Waals surface area contributed by atoms with E-state index in [0.29, 0.717) is 6.42 Å². The fourth-order valence-electron chi connectivity index (χ4n) is 1.58. The molecular formula is C13H12N2O2. The first-order chi connectivity index (χ1) is 8.25. The van der Waals surface area contributed by atoms with E-state index in [-0.39, 0.29) is 12.3 Å². The molecule has 0 amide bonds. The molecule has 0 fully saturated rings. The van der Waals surface area contributed by atoms with Crippen molar-refractivity contribution in [2.45, 2.75) is 13.0 Å². The van der Waals surface area contributed by atoms with Gasteiger partial charge in [-0.2, -0.15) is 0 Å². The van der Waals surface area contributed by atoms with E-state index in [9.17, 15) is 9.59 Å². The Hall–Kier alpha value is -2.23. The standard InChI is InChI=1S/C13H12N2O2/c16-12(9-11-5-2-1-3-6-11)10-15-8-4-7-14-13(15)17/h1-8H,9-10H2. The zero-order chi connectivity index (χ0) is 12.1. The molecule has 1 aromatic heterocycles. The largest absolute Gasteiger partial charge is 0.347 e. The van der Waals surface area contributed by atoms with Gasteiger partial charge in [-0.05, 0) is 11.6 Å². The van der Waals surface area contributed by atoms with Crippen LogP contribution < -0.4 is 5.69 Å². The molecule has 0 N–H and O–H groups in total. The van der Waals surface area contributed by atoms with Gasteiger partial charge in [0, 0.05) is 18.8 Å². The minimum atomic E-state index is -0.395. The van der Waals surface area contributed by atoms with Gasteiger partial charge in [-0.25, -0.2) is 9.78 Å². The van der Waals surface area contributed by atoms with Crippen molar-refractivity contribution in [1.82, 2.24) is 9.55 Å². The quantitative estimate of drug-likeness (QED) is 0.786. The summed E-state index contributed by atoms with van der Waals surface area (Å²) >= 11 is 0. The Balaban J connectivity index is 2.04. The third-order valence-electron chi connectivity index (χ3n) is 2.37. The summed E-state index contributed by atoms with van der Waals surface area (Å²) in [4.78, 5) is 26.6. The molecule has 4 heteroatoms. The summed E-state index contributed by atoms with van der Waals surface area (Å²) in [6.45, 7) is 0.0710. The number of carbonyl (C=O) groups excluding carboxylic acids is 1. The molecule has 0 bridgehead atoms. The summed E-state index contributed by atoms with van der Waals surface area (Å²) in [6, 6.07) is 11.1. The van der Waals surface area contributed by atoms with Crippen molar-refractivity contribution in [3.05, 3.63) is 64.8 Å². The van der Waals surface area contributed by atoms with E-state index in [1.807, 2.05) is 30.3 Å². The Morgan fingerprint density at radius 3 is 2.65 bits per heavy atom. The van der Waals surface area contributed by atoms with Crippen molar-refractivity contribution in [2.75, 3.05) is 0 Å². The first-order valence-electron chi connectivity index (χ1n) is 5.33. The molecule has 0 atom stereocenters. The topological polar surface area (TPSA) is 52.0 Å². The zero-order valence-electron chi connectivity index (χ0n) is 9.24. The van der Waals surface area contributed by atoms with Gasteiger partial charge < -0.3 is 0 Å².